The topological polar surface area (TPSA) is 38.3 Å². The van der Waals surface area contributed by atoms with Crippen molar-refractivity contribution >= 4 is 27.6 Å². The number of ether oxygens (including phenoxy) is 1. The fourth-order valence-corrected chi connectivity index (χ4v) is 2.11. The molecule has 0 aliphatic heterocycles. The average molecular weight is 354 g/mol. The van der Waals surface area contributed by atoms with Crippen LogP contribution in [-0.4, -0.2) is 18.6 Å². The summed E-state index contributed by atoms with van der Waals surface area (Å²) in [5.41, 5.74) is -0.455. The van der Waals surface area contributed by atoms with Gasteiger partial charge in [-0.25, -0.2) is 0 Å². The molecule has 1 atom stereocenters. The number of anilines is 1. The predicted molar refractivity (Wildman–Crippen MR) is 73.5 cm³/mol. The van der Waals surface area contributed by atoms with Crippen LogP contribution in [0.25, 0.3) is 0 Å². The van der Waals surface area contributed by atoms with Gasteiger partial charge < -0.3 is 10.1 Å². The van der Waals surface area contributed by atoms with Crippen molar-refractivity contribution in [2.24, 2.45) is 0 Å². The Labute approximate surface area is 123 Å². The number of carbonyl (C=O) groups excluding carboxylic acids is 1. The lowest BCUT2D eigenvalue weighted by molar-refractivity contribution is -0.143. The minimum absolute atomic E-state index is 0.0198. The van der Waals surface area contributed by atoms with Gasteiger partial charge in [0.25, 0.3) is 0 Å². The van der Waals surface area contributed by atoms with E-state index in [9.17, 15) is 18.0 Å². The molecule has 1 N–H and O–H groups in total. The van der Waals surface area contributed by atoms with Crippen molar-refractivity contribution < 1.29 is 22.7 Å². The zero-order valence-electron chi connectivity index (χ0n) is 11.1. The average Bonchev–Trinajstić information content (AvgIpc) is 2.30. The van der Waals surface area contributed by atoms with Gasteiger partial charge in [-0.3, -0.25) is 4.79 Å². The number of nitrogens with one attached hydrogen (secondary N) is 1. The van der Waals surface area contributed by atoms with E-state index in [2.05, 4.69) is 21.2 Å². The van der Waals surface area contributed by atoms with Crippen molar-refractivity contribution in [3.8, 4) is 0 Å². The molecule has 0 aromatic heterocycles. The lowest BCUT2D eigenvalue weighted by atomic mass is 10.1. The van der Waals surface area contributed by atoms with Crippen LogP contribution < -0.4 is 5.32 Å². The van der Waals surface area contributed by atoms with Crippen molar-refractivity contribution in [1.29, 1.82) is 0 Å². The van der Waals surface area contributed by atoms with Crippen molar-refractivity contribution in [3.63, 3.8) is 0 Å². The van der Waals surface area contributed by atoms with Gasteiger partial charge in [0.15, 0.2) is 0 Å². The summed E-state index contributed by atoms with van der Waals surface area (Å²) < 4.78 is 43.0. The van der Waals surface area contributed by atoms with E-state index in [-0.39, 0.29) is 29.5 Å². The van der Waals surface area contributed by atoms with Crippen LogP contribution in [0.1, 0.15) is 25.8 Å². The van der Waals surface area contributed by atoms with Gasteiger partial charge in [-0.05, 0) is 32.0 Å². The minimum Gasteiger partial charge on any atom is -0.466 e. The second-order valence-corrected chi connectivity index (χ2v) is 5.10. The third-order valence-electron chi connectivity index (χ3n) is 2.46. The molecule has 0 fully saturated rings. The molecule has 1 unspecified atom stereocenters. The Balaban J connectivity index is 2.76. The van der Waals surface area contributed by atoms with Crippen LogP contribution in [0.2, 0.25) is 0 Å². The summed E-state index contributed by atoms with van der Waals surface area (Å²) in [5.74, 6) is -0.388. The summed E-state index contributed by atoms with van der Waals surface area (Å²) in [4.78, 5) is 11.3. The molecule has 0 amide bonds. The molecule has 0 spiro atoms. The van der Waals surface area contributed by atoms with E-state index in [1.807, 2.05) is 0 Å². The summed E-state index contributed by atoms with van der Waals surface area (Å²) in [6.07, 6.45) is -4.34. The Morgan fingerprint density at radius 3 is 2.65 bits per heavy atom. The van der Waals surface area contributed by atoms with Crippen LogP contribution in [0.15, 0.2) is 22.7 Å². The molecule has 7 heteroatoms. The zero-order valence-corrected chi connectivity index (χ0v) is 12.6. The number of benzene rings is 1. The number of alkyl halides is 3. The molecule has 0 aliphatic carbocycles. The number of esters is 1. The number of carbonyl (C=O) groups is 1. The highest BCUT2D eigenvalue weighted by Gasteiger charge is 2.33. The molecule has 1 aromatic rings. The van der Waals surface area contributed by atoms with Crippen molar-refractivity contribution in [2.75, 3.05) is 11.9 Å². The van der Waals surface area contributed by atoms with Gasteiger partial charge in [0.2, 0.25) is 0 Å². The molecule has 0 saturated heterocycles. The van der Waals surface area contributed by atoms with Crippen LogP contribution >= 0.6 is 15.9 Å². The van der Waals surface area contributed by atoms with Crippen LogP contribution in [0.5, 0.6) is 0 Å². The largest absolute Gasteiger partial charge is 0.466 e. The first kappa shape index (κ1) is 16.8. The number of rotatable bonds is 5. The van der Waals surface area contributed by atoms with Gasteiger partial charge in [-0.2, -0.15) is 13.2 Å². The fourth-order valence-electron chi connectivity index (χ4n) is 1.64. The van der Waals surface area contributed by atoms with Gasteiger partial charge in [0, 0.05) is 16.2 Å². The van der Waals surface area contributed by atoms with E-state index >= 15 is 0 Å². The second-order valence-electron chi connectivity index (χ2n) is 4.25. The molecular weight excluding hydrogens is 339 g/mol. The molecular formula is C13H15BrF3NO2. The molecule has 0 heterocycles. The maximum atomic E-state index is 12.7. The Kier molecular flexibility index (Phi) is 5.86. The van der Waals surface area contributed by atoms with Crippen molar-refractivity contribution in [3.05, 3.63) is 28.2 Å². The van der Waals surface area contributed by atoms with Gasteiger partial charge in [-0.15, -0.1) is 0 Å². The van der Waals surface area contributed by atoms with E-state index in [4.69, 9.17) is 4.74 Å². The van der Waals surface area contributed by atoms with Gasteiger partial charge in [0.05, 0.1) is 18.6 Å². The van der Waals surface area contributed by atoms with E-state index < -0.39 is 11.7 Å². The molecule has 20 heavy (non-hydrogen) atoms. The maximum absolute atomic E-state index is 12.7. The smallest absolute Gasteiger partial charge is 0.417 e. The Morgan fingerprint density at radius 1 is 1.45 bits per heavy atom. The third-order valence-corrected chi connectivity index (χ3v) is 3.15. The standard InChI is InChI=1S/C13H15BrF3NO2/c1-3-20-12(19)6-8(2)18-9-4-5-11(14)10(7-9)13(15,16)17/h4-5,7-8,18H,3,6H2,1-2H3. The highest BCUT2D eigenvalue weighted by atomic mass is 79.9. The molecule has 112 valence electrons. The van der Waals surface area contributed by atoms with Crippen molar-refractivity contribution in [1.82, 2.24) is 0 Å². The summed E-state index contributed by atoms with van der Waals surface area (Å²) in [5, 5.41) is 2.85. The Morgan fingerprint density at radius 2 is 2.10 bits per heavy atom. The van der Waals surface area contributed by atoms with Crippen LogP contribution in [0.3, 0.4) is 0 Å². The molecule has 3 nitrogen and oxygen atoms in total. The SMILES string of the molecule is CCOC(=O)CC(C)Nc1ccc(Br)c(C(F)(F)F)c1. The van der Waals surface area contributed by atoms with Crippen LogP contribution in [0, 0.1) is 0 Å². The third kappa shape index (κ3) is 5.03. The summed E-state index contributed by atoms with van der Waals surface area (Å²) in [7, 11) is 0. The summed E-state index contributed by atoms with van der Waals surface area (Å²) in [6.45, 7) is 3.68. The van der Waals surface area contributed by atoms with Gasteiger partial charge in [-0.1, -0.05) is 15.9 Å². The fraction of sp³-hybridized carbons (Fsp3) is 0.462. The predicted octanol–water partition coefficient (Wildman–Crippen LogP) is 4.22. The van der Waals surface area contributed by atoms with E-state index in [0.29, 0.717) is 5.69 Å². The van der Waals surface area contributed by atoms with Crippen molar-refractivity contribution in [2.45, 2.75) is 32.5 Å². The Bertz CT molecular complexity index is 477. The van der Waals surface area contributed by atoms with E-state index in [1.54, 1.807) is 13.8 Å². The lowest BCUT2D eigenvalue weighted by Crippen LogP contribution is -2.21. The monoisotopic (exact) mass is 353 g/mol. The van der Waals surface area contributed by atoms with E-state index in [0.717, 1.165) is 6.07 Å². The first-order chi connectivity index (χ1) is 9.24. The minimum atomic E-state index is -4.43. The zero-order chi connectivity index (χ0) is 15.3. The maximum Gasteiger partial charge on any atom is 0.417 e. The van der Waals surface area contributed by atoms with Crippen LogP contribution in [-0.2, 0) is 15.7 Å². The van der Waals surface area contributed by atoms with Gasteiger partial charge in [0.1, 0.15) is 0 Å². The summed E-state index contributed by atoms with van der Waals surface area (Å²) >= 11 is 2.87. The van der Waals surface area contributed by atoms with E-state index in [1.165, 1.54) is 12.1 Å². The quantitative estimate of drug-likeness (QED) is 0.805. The Hall–Kier alpha value is -1.24. The first-order valence-electron chi connectivity index (χ1n) is 6.03. The number of hydrogen-bond acceptors (Lipinski definition) is 3. The molecule has 0 saturated carbocycles. The highest BCUT2D eigenvalue weighted by Crippen LogP contribution is 2.36. The number of hydrogen-bond donors (Lipinski definition) is 1. The molecule has 1 rings (SSSR count). The normalized spacial score (nSPS) is 12.9. The number of halogens is 4. The molecule has 0 bridgehead atoms. The second kappa shape index (κ2) is 6.97. The first-order valence-corrected chi connectivity index (χ1v) is 6.82. The van der Waals surface area contributed by atoms with Gasteiger partial charge >= 0.3 is 12.1 Å². The van der Waals surface area contributed by atoms with Crippen LogP contribution in [0.4, 0.5) is 18.9 Å². The highest BCUT2D eigenvalue weighted by molar-refractivity contribution is 9.10. The lowest BCUT2D eigenvalue weighted by Gasteiger charge is -2.16. The summed E-state index contributed by atoms with van der Waals surface area (Å²) in [6, 6.07) is 3.52. The molecule has 0 aliphatic rings. The molecule has 1 aromatic carbocycles. The molecule has 0 radical (unpaired) electrons.